The van der Waals surface area contributed by atoms with Gasteiger partial charge in [0.2, 0.25) is 0 Å². The highest BCUT2D eigenvalue weighted by atomic mass is 19.1. The van der Waals surface area contributed by atoms with E-state index in [9.17, 15) is 14.0 Å². The van der Waals surface area contributed by atoms with Crippen LogP contribution in [0.25, 0.3) is 11.8 Å². The smallest absolute Gasteiger partial charge is 0.340 e. The Kier molecular flexibility index (Phi) is 5.46. The van der Waals surface area contributed by atoms with Gasteiger partial charge in [0.05, 0.1) is 18.3 Å². The van der Waals surface area contributed by atoms with Crippen molar-refractivity contribution in [2.45, 2.75) is 40.7 Å². The van der Waals surface area contributed by atoms with Crippen molar-refractivity contribution in [2.75, 3.05) is 7.11 Å². The third kappa shape index (κ3) is 3.50. The van der Waals surface area contributed by atoms with E-state index >= 15 is 0 Å². The predicted molar refractivity (Wildman–Crippen MR) is 110 cm³/mol. The topological polar surface area (TPSA) is 51.5 Å². The van der Waals surface area contributed by atoms with E-state index in [2.05, 4.69) is 0 Å². The first-order valence-corrected chi connectivity index (χ1v) is 9.47. The van der Waals surface area contributed by atoms with Crippen LogP contribution in [0.3, 0.4) is 0 Å². The van der Waals surface area contributed by atoms with Gasteiger partial charge in [-0.05, 0) is 76.6 Å². The van der Waals surface area contributed by atoms with Crippen LogP contribution >= 0.6 is 0 Å². The van der Waals surface area contributed by atoms with Gasteiger partial charge in [-0.2, -0.15) is 0 Å². The first-order chi connectivity index (χ1) is 13.7. The van der Waals surface area contributed by atoms with Crippen LogP contribution in [0.1, 0.15) is 37.7 Å². The molecule has 0 saturated carbocycles. The molecule has 0 fully saturated rings. The number of ether oxygens (including phenoxy) is 1. The van der Waals surface area contributed by atoms with Crippen molar-refractivity contribution < 1.29 is 18.7 Å². The van der Waals surface area contributed by atoms with Crippen LogP contribution in [0, 0.1) is 19.7 Å². The Morgan fingerprint density at radius 3 is 2.31 bits per heavy atom. The monoisotopic (exact) mass is 396 g/mol. The minimum absolute atomic E-state index is 0.0836. The number of hydrogen-bond acceptors (Lipinski definition) is 3. The van der Waals surface area contributed by atoms with Gasteiger partial charge in [-0.3, -0.25) is 4.79 Å². The zero-order chi connectivity index (χ0) is 21.5. The van der Waals surface area contributed by atoms with Gasteiger partial charge < -0.3 is 14.2 Å². The summed E-state index contributed by atoms with van der Waals surface area (Å²) in [7, 11) is 1.31. The summed E-state index contributed by atoms with van der Waals surface area (Å²) in [5.41, 5.74) is 4.67. The molecule has 0 radical (unpaired) electrons. The number of hydrogen-bond donors (Lipinski definition) is 0. The van der Waals surface area contributed by atoms with Gasteiger partial charge in [0.25, 0.3) is 5.91 Å². The van der Waals surface area contributed by atoms with Crippen LogP contribution in [0.5, 0.6) is 0 Å². The third-order valence-corrected chi connectivity index (χ3v) is 5.20. The molecular formula is C23H25FN2O3. The molecule has 152 valence electrons. The number of amides is 1. The molecule has 5 nitrogen and oxygen atoms in total. The Hall–Kier alpha value is -3.15. The maximum absolute atomic E-state index is 13.3. The van der Waals surface area contributed by atoms with Crippen LogP contribution in [-0.4, -0.2) is 34.5 Å². The summed E-state index contributed by atoms with van der Waals surface area (Å²) in [5, 5.41) is 0. The lowest BCUT2D eigenvalue weighted by Crippen LogP contribution is -2.31. The van der Waals surface area contributed by atoms with Gasteiger partial charge in [0.15, 0.2) is 0 Å². The standard InChI is InChI=1S/C23H25FN2O3/c1-13(2)25-16(5)21(23(28)29-6)20(22(25)27)12-17-11-14(3)26(15(17)4)19-9-7-18(24)8-10-19/h7-13H,1-6H3/b20-12-. The Balaban J connectivity index is 2.14. The van der Waals surface area contributed by atoms with E-state index in [1.54, 1.807) is 30.0 Å². The number of aryl methyl sites for hydroxylation is 1. The molecule has 0 saturated heterocycles. The van der Waals surface area contributed by atoms with Crippen molar-refractivity contribution in [2.24, 2.45) is 0 Å². The second kappa shape index (κ2) is 7.70. The second-order valence-corrected chi connectivity index (χ2v) is 7.42. The average molecular weight is 396 g/mol. The highest BCUT2D eigenvalue weighted by Gasteiger charge is 2.38. The molecule has 0 unspecified atom stereocenters. The maximum Gasteiger partial charge on any atom is 0.340 e. The zero-order valence-corrected chi connectivity index (χ0v) is 17.5. The van der Waals surface area contributed by atoms with E-state index < -0.39 is 5.97 Å². The van der Waals surface area contributed by atoms with E-state index in [0.717, 1.165) is 22.6 Å². The van der Waals surface area contributed by atoms with E-state index in [1.165, 1.54) is 19.2 Å². The number of methoxy groups -OCH3 is 1. The number of rotatable bonds is 4. The number of esters is 1. The highest BCUT2D eigenvalue weighted by molar-refractivity contribution is 6.16. The van der Waals surface area contributed by atoms with Crippen molar-refractivity contribution >= 4 is 18.0 Å². The molecular weight excluding hydrogens is 371 g/mol. The molecule has 0 aliphatic carbocycles. The van der Waals surface area contributed by atoms with Crippen LogP contribution in [0.15, 0.2) is 47.2 Å². The summed E-state index contributed by atoms with van der Waals surface area (Å²) in [6, 6.07) is 8.10. The SMILES string of the molecule is COC(=O)C1=C(C)N(C(C)C)C(=O)/C1=C\c1cc(C)n(-c2ccc(F)cc2)c1C. The molecule has 1 aliphatic heterocycles. The van der Waals surface area contributed by atoms with Crippen LogP contribution in [0.4, 0.5) is 4.39 Å². The number of nitrogens with zero attached hydrogens (tertiary/aromatic N) is 2. The number of aromatic nitrogens is 1. The zero-order valence-electron chi connectivity index (χ0n) is 17.5. The minimum Gasteiger partial charge on any atom is -0.465 e. The van der Waals surface area contributed by atoms with E-state index in [-0.39, 0.29) is 23.3 Å². The van der Waals surface area contributed by atoms with Crippen LogP contribution in [-0.2, 0) is 14.3 Å². The van der Waals surface area contributed by atoms with Gasteiger partial charge in [0.1, 0.15) is 5.82 Å². The fourth-order valence-corrected chi connectivity index (χ4v) is 3.90. The molecule has 2 heterocycles. The molecule has 1 aliphatic rings. The highest BCUT2D eigenvalue weighted by Crippen LogP contribution is 2.34. The lowest BCUT2D eigenvalue weighted by atomic mass is 10.0. The summed E-state index contributed by atoms with van der Waals surface area (Å²) in [6.07, 6.45) is 1.74. The molecule has 3 rings (SSSR count). The molecule has 6 heteroatoms. The first-order valence-electron chi connectivity index (χ1n) is 9.47. The molecule has 0 N–H and O–H groups in total. The predicted octanol–water partition coefficient (Wildman–Crippen LogP) is 4.31. The fraction of sp³-hybridized carbons (Fsp3) is 0.304. The molecule has 1 aromatic carbocycles. The van der Waals surface area contributed by atoms with E-state index in [4.69, 9.17) is 4.74 Å². The summed E-state index contributed by atoms with van der Waals surface area (Å²) < 4.78 is 20.2. The van der Waals surface area contributed by atoms with Crippen molar-refractivity contribution in [1.82, 2.24) is 9.47 Å². The van der Waals surface area contributed by atoms with Crippen molar-refractivity contribution in [3.8, 4) is 5.69 Å². The summed E-state index contributed by atoms with van der Waals surface area (Å²) in [5.74, 6) is -1.05. The van der Waals surface area contributed by atoms with Crippen LogP contribution < -0.4 is 0 Å². The van der Waals surface area contributed by atoms with Gasteiger partial charge in [-0.1, -0.05) is 0 Å². The molecule has 0 bridgehead atoms. The number of carbonyl (C=O) groups excluding carboxylic acids is 2. The van der Waals surface area contributed by atoms with Gasteiger partial charge in [-0.15, -0.1) is 0 Å². The van der Waals surface area contributed by atoms with Crippen molar-refractivity contribution in [3.63, 3.8) is 0 Å². The Morgan fingerprint density at radius 1 is 1.14 bits per heavy atom. The summed E-state index contributed by atoms with van der Waals surface area (Å²) >= 11 is 0. The lowest BCUT2D eigenvalue weighted by Gasteiger charge is -2.22. The Labute approximate surface area is 170 Å². The second-order valence-electron chi connectivity index (χ2n) is 7.42. The maximum atomic E-state index is 13.3. The number of carbonyl (C=O) groups is 2. The number of benzene rings is 1. The summed E-state index contributed by atoms with van der Waals surface area (Å²) in [4.78, 5) is 27.1. The normalized spacial score (nSPS) is 15.8. The first kappa shape index (κ1) is 20.6. The van der Waals surface area contributed by atoms with Crippen molar-refractivity contribution in [3.05, 3.63) is 69.9 Å². The van der Waals surface area contributed by atoms with Gasteiger partial charge in [-0.25, -0.2) is 9.18 Å². The third-order valence-electron chi connectivity index (χ3n) is 5.20. The molecule has 29 heavy (non-hydrogen) atoms. The minimum atomic E-state index is -0.530. The van der Waals surface area contributed by atoms with Crippen LogP contribution in [0.2, 0.25) is 0 Å². The number of halogens is 1. The molecule has 1 aromatic heterocycles. The Morgan fingerprint density at radius 2 is 1.76 bits per heavy atom. The molecule has 1 amide bonds. The summed E-state index contributed by atoms with van der Waals surface area (Å²) in [6.45, 7) is 9.43. The fourth-order valence-electron chi connectivity index (χ4n) is 3.90. The molecule has 2 aromatic rings. The molecule has 0 spiro atoms. The molecule has 0 atom stereocenters. The van der Waals surface area contributed by atoms with E-state index in [0.29, 0.717) is 11.3 Å². The van der Waals surface area contributed by atoms with E-state index in [1.807, 2.05) is 38.3 Å². The van der Waals surface area contributed by atoms with Gasteiger partial charge in [0, 0.05) is 28.8 Å². The largest absolute Gasteiger partial charge is 0.465 e. The lowest BCUT2D eigenvalue weighted by molar-refractivity contribution is -0.136. The quantitative estimate of drug-likeness (QED) is 0.571. The Bertz CT molecular complexity index is 1040. The number of allylic oxidation sites excluding steroid dienone is 1. The van der Waals surface area contributed by atoms with Gasteiger partial charge >= 0.3 is 5.97 Å². The average Bonchev–Trinajstić information content (AvgIpc) is 3.08. The van der Waals surface area contributed by atoms with Crippen molar-refractivity contribution in [1.29, 1.82) is 0 Å².